The molecule has 0 aliphatic carbocycles. The molecule has 2 aromatic rings. The van der Waals surface area contributed by atoms with E-state index in [2.05, 4.69) is 15.5 Å². The molecule has 0 saturated heterocycles. The Bertz CT molecular complexity index is 826. The number of primary amides is 1. The summed E-state index contributed by atoms with van der Waals surface area (Å²) in [5.74, 6) is -0.256. The van der Waals surface area contributed by atoms with Crippen molar-refractivity contribution in [1.29, 1.82) is 0 Å². The molecule has 0 spiro atoms. The van der Waals surface area contributed by atoms with Gasteiger partial charge in [-0.15, -0.1) is 0 Å². The Hall–Kier alpha value is -3.13. The van der Waals surface area contributed by atoms with Crippen LogP contribution in [-0.4, -0.2) is 36.2 Å². The number of aromatic nitrogens is 1. The molecule has 26 heavy (non-hydrogen) atoms. The van der Waals surface area contributed by atoms with E-state index in [1.54, 1.807) is 24.3 Å². The van der Waals surface area contributed by atoms with Crippen LogP contribution in [0.5, 0.6) is 11.5 Å². The Morgan fingerprint density at radius 2 is 2.12 bits per heavy atom. The largest absolute Gasteiger partial charge is 0.490 e. The van der Waals surface area contributed by atoms with Crippen LogP contribution in [0.2, 0.25) is 5.15 Å². The zero-order chi connectivity index (χ0) is 18.9. The summed E-state index contributed by atoms with van der Waals surface area (Å²) < 4.78 is 10.8. The Labute approximate surface area is 155 Å². The van der Waals surface area contributed by atoms with Crippen LogP contribution < -0.4 is 20.6 Å². The van der Waals surface area contributed by atoms with Gasteiger partial charge in [-0.1, -0.05) is 11.6 Å². The summed E-state index contributed by atoms with van der Waals surface area (Å²) in [5.41, 5.74) is 8.30. The second kappa shape index (κ2) is 9.38. The molecular formula is C17H17ClN4O4. The average molecular weight is 377 g/mol. The summed E-state index contributed by atoms with van der Waals surface area (Å²) in [7, 11) is 0. The van der Waals surface area contributed by atoms with Crippen LogP contribution in [-0.2, 0) is 4.79 Å². The predicted molar refractivity (Wildman–Crippen MR) is 96.6 cm³/mol. The molecule has 3 N–H and O–H groups in total. The monoisotopic (exact) mass is 376 g/mol. The highest BCUT2D eigenvalue weighted by molar-refractivity contribution is 6.32. The second-order valence-corrected chi connectivity index (χ2v) is 5.29. The van der Waals surface area contributed by atoms with Gasteiger partial charge < -0.3 is 15.2 Å². The van der Waals surface area contributed by atoms with Crippen LogP contribution in [0.1, 0.15) is 22.8 Å². The van der Waals surface area contributed by atoms with Crippen LogP contribution in [0.25, 0.3) is 0 Å². The first-order chi connectivity index (χ1) is 12.5. The lowest BCUT2D eigenvalue weighted by atomic mass is 10.2. The van der Waals surface area contributed by atoms with Gasteiger partial charge in [0, 0.05) is 6.20 Å². The van der Waals surface area contributed by atoms with Gasteiger partial charge >= 0.3 is 0 Å². The maximum atomic E-state index is 12.0. The highest BCUT2D eigenvalue weighted by Crippen LogP contribution is 2.28. The molecule has 0 unspecified atom stereocenters. The number of hydrogen-bond donors (Lipinski definition) is 2. The van der Waals surface area contributed by atoms with Crippen LogP contribution in [0.15, 0.2) is 41.6 Å². The molecule has 2 rings (SSSR count). The van der Waals surface area contributed by atoms with Crippen LogP contribution in [0.3, 0.4) is 0 Å². The summed E-state index contributed by atoms with van der Waals surface area (Å²) in [4.78, 5) is 26.7. The number of halogens is 1. The highest BCUT2D eigenvalue weighted by Gasteiger charge is 2.10. The normalized spacial score (nSPS) is 10.5. The quantitative estimate of drug-likeness (QED) is 0.413. The van der Waals surface area contributed by atoms with Crippen molar-refractivity contribution in [3.05, 3.63) is 52.8 Å². The number of carbonyl (C=O) groups excluding carboxylic acids is 2. The first kappa shape index (κ1) is 19.2. The van der Waals surface area contributed by atoms with Crippen molar-refractivity contribution < 1.29 is 19.1 Å². The zero-order valence-electron chi connectivity index (χ0n) is 13.9. The molecule has 0 saturated carbocycles. The lowest BCUT2D eigenvalue weighted by Gasteiger charge is -2.11. The molecule has 8 nitrogen and oxygen atoms in total. The van der Waals surface area contributed by atoms with Gasteiger partial charge in [0.15, 0.2) is 18.1 Å². The van der Waals surface area contributed by atoms with E-state index in [4.69, 9.17) is 26.8 Å². The van der Waals surface area contributed by atoms with Gasteiger partial charge in [0.2, 0.25) is 0 Å². The predicted octanol–water partition coefficient (Wildman–Crippen LogP) is 1.76. The third-order valence-corrected chi connectivity index (χ3v) is 3.32. The van der Waals surface area contributed by atoms with E-state index >= 15 is 0 Å². The number of benzene rings is 1. The summed E-state index contributed by atoms with van der Waals surface area (Å²) in [5, 5.41) is 3.98. The number of nitrogens with two attached hydrogens (primary N) is 1. The number of hydrogen-bond acceptors (Lipinski definition) is 6. The van der Waals surface area contributed by atoms with E-state index in [0.29, 0.717) is 23.7 Å². The van der Waals surface area contributed by atoms with Gasteiger partial charge in [0.05, 0.1) is 18.4 Å². The van der Waals surface area contributed by atoms with E-state index in [9.17, 15) is 9.59 Å². The Balaban J connectivity index is 2.07. The van der Waals surface area contributed by atoms with Gasteiger partial charge in [-0.25, -0.2) is 10.4 Å². The highest BCUT2D eigenvalue weighted by atomic mass is 35.5. The van der Waals surface area contributed by atoms with Gasteiger partial charge in [-0.3, -0.25) is 9.59 Å². The standard InChI is InChI=1S/C17H17ClN4O4/c1-2-25-14-8-11(5-6-13(14)26-10-15(19)23)9-21-22-17(24)12-4-3-7-20-16(12)18/h3-9H,2,10H2,1H3,(H2,19,23)(H,22,24)/b21-9+. The number of carbonyl (C=O) groups is 2. The third kappa shape index (κ3) is 5.45. The molecule has 0 fully saturated rings. The summed E-state index contributed by atoms with van der Waals surface area (Å²) in [6.45, 7) is 1.97. The van der Waals surface area contributed by atoms with Crippen molar-refractivity contribution >= 4 is 29.6 Å². The maximum Gasteiger partial charge on any atom is 0.274 e. The SMILES string of the molecule is CCOc1cc(/C=N/NC(=O)c2cccnc2Cl)ccc1OCC(N)=O. The van der Waals surface area contributed by atoms with Gasteiger partial charge in [0.25, 0.3) is 11.8 Å². The van der Waals surface area contributed by atoms with Crippen molar-refractivity contribution in [1.82, 2.24) is 10.4 Å². The minimum Gasteiger partial charge on any atom is -0.490 e. The topological polar surface area (TPSA) is 116 Å². The molecule has 0 aliphatic rings. The van der Waals surface area contributed by atoms with Gasteiger partial charge in [-0.05, 0) is 42.8 Å². The summed E-state index contributed by atoms with van der Waals surface area (Å²) in [6, 6.07) is 8.11. The average Bonchev–Trinajstić information content (AvgIpc) is 2.61. The number of nitrogens with zero attached hydrogens (tertiary/aromatic N) is 2. The minimum atomic E-state index is -0.588. The van der Waals surface area contributed by atoms with Gasteiger partial charge in [0.1, 0.15) is 5.15 Å². The number of hydrazone groups is 1. The number of ether oxygens (including phenoxy) is 2. The molecule has 2 amide bonds. The molecule has 0 atom stereocenters. The number of pyridine rings is 1. The van der Waals surface area contributed by atoms with Crippen molar-refractivity contribution in [2.75, 3.05) is 13.2 Å². The summed E-state index contributed by atoms with van der Waals surface area (Å²) >= 11 is 5.85. The fourth-order valence-electron chi connectivity index (χ4n) is 1.92. The molecule has 1 heterocycles. The van der Waals surface area contributed by atoms with E-state index in [0.717, 1.165) is 0 Å². The van der Waals surface area contributed by atoms with Crippen LogP contribution >= 0.6 is 11.6 Å². The first-order valence-corrected chi connectivity index (χ1v) is 8.01. The maximum absolute atomic E-state index is 12.0. The molecule has 136 valence electrons. The summed E-state index contributed by atoms with van der Waals surface area (Å²) in [6.07, 6.45) is 2.92. The Kier molecular flexibility index (Phi) is 6.92. The lowest BCUT2D eigenvalue weighted by molar-refractivity contribution is -0.119. The molecule has 0 bridgehead atoms. The molecular weight excluding hydrogens is 360 g/mol. The fraction of sp³-hybridized carbons (Fsp3) is 0.176. The van der Waals surface area contributed by atoms with Crippen LogP contribution in [0, 0.1) is 0 Å². The number of rotatable bonds is 8. The molecule has 1 aromatic carbocycles. The molecule has 9 heteroatoms. The van der Waals surface area contributed by atoms with E-state index in [1.165, 1.54) is 18.5 Å². The molecule has 0 radical (unpaired) electrons. The Morgan fingerprint density at radius 3 is 2.81 bits per heavy atom. The number of nitrogens with one attached hydrogen (secondary N) is 1. The molecule has 1 aromatic heterocycles. The first-order valence-electron chi connectivity index (χ1n) is 7.63. The third-order valence-electron chi connectivity index (χ3n) is 3.02. The molecule has 0 aliphatic heterocycles. The van der Waals surface area contributed by atoms with Crippen LogP contribution in [0.4, 0.5) is 0 Å². The smallest absolute Gasteiger partial charge is 0.274 e. The van der Waals surface area contributed by atoms with Crippen molar-refractivity contribution in [2.45, 2.75) is 6.92 Å². The van der Waals surface area contributed by atoms with E-state index < -0.39 is 11.8 Å². The lowest BCUT2D eigenvalue weighted by Crippen LogP contribution is -2.20. The van der Waals surface area contributed by atoms with Crippen molar-refractivity contribution in [2.24, 2.45) is 10.8 Å². The Morgan fingerprint density at radius 1 is 1.31 bits per heavy atom. The second-order valence-electron chi connectivity index (χ2n) is 4.94. The van der Waals surface area contributed by atoms with E-state index in [1.807, 2.05) is 6.92 Å². The fourth-order valence-corrected chi connectivity index (χ4v) is 2.13. The van der Waals surface area contributed by atoms with E-state index in [-0.39, 0.29) is 17.3 Å². The van der Waals surface area contributed by atoms with Gasteiger partial charge in [-0.2, -0.15) is 5.10 Å². The van der Waals surface area contributed by atoms with Crippen molar-refractivity contribution in [3.63, 3.8) is 0 Å². The minimum absolute atomic E-state index is 0.0924. The zero-order valence-corrected chi connectivity index (χ0v) is 14.7. The number of amides is 2. The van der Waals surface area contributed by atoms with Crippen molar-refractivity contribution in [3.8, 4) is 11.5 Å².